The van der Waals surface area contributed by atoms with Crippen LogP contribution in [-0.4, -0.2) is 72.4 Å². The molecule has 4 atom stereocenters. The lowest BCUT2D eigenvalue weighted by atomic mass is 9.94. The first-order valence-electron chi connectivity index (χ1n) is 12.6. The molecule has 216 valence electrons. The van der Waals surface area contributed by atoms with Crippen molar-refractivity contribution in [1.82, 2.24) is 21.3 Å². The molecule has 0 heterocycles. The zero-order valence-corrected chi connectivity index (χ0v) is 22.9. The molecule has 0 spiro atoms. The second kappa shape index (κ2) is 15.9. The van der Waals surface area contributed by atoms with Crippen molar-refractivity contribution in [2.24, 2.45) is 17.6 Å². The first-order chi connectivity index (χ1) is 18.3. The fraction of sp³-hybridized carbons (Fsp3) is 0.538. The highest BCUT2D eigenvalue weighted by Crippen LogP contribution is 2.13. The van der Waals surface area contributed by atoms with E-state index in [0.29, 0.717) is 17.7 Å². The summed E-state index contributed by atoms with van der Waals surface area (Å²) in [6, 6.07) is 3.37. The van der Waals surface area contributed by atoms with Gasteiger partial charge in [-0.2, -0.15) is 0 Å². The maximum Gasteiger partial charge on any atom is 0.405 e. The van der Waals surface area contributed by atoms with Gasteiger partial charge in [-0.05, 0) is 36.0 Å². The third-order valence-corrected chi connectivity index (χ3v) is 6.03. The summed E-state index contributed by atoms with van der Waals surface area (Å²) in [6.45, 7) is 6.41. The minimum Gasteiger partial charge on any atom is -0.497 e. The zero-order chi connectivity index (χ0) is 29.7. The maximum atomic E-state index is 12.9. The summed E-state index contributed by atoms with van der Waals surface area (Å²) < 4.78 is 5.08. The lowest BCUT2D eigenvalue weighted by Gasteiger charge is -2.26. The summed E-state index contributed by atoms with van der Waals surface area (Å²) in [6.07, 6.45) is -0.685. The van der Waals surface area contributed by atoms with Crippen LogP contribution in [0.25, 0.3) is 0 Å². The van der Waals surface area contributed by atoms with Gasteiger partial charge in [-0.3, -0.25) is 24.0 Å². The number of methoxy groups -OCH3 is 1. The van der Waals surface area contributed by atoms with E-state index in [1.807, 2.05) is 0 Å². The van der Waals surface area contributed by atoms with E-state index in [9.17, 15) is 28.8 Å². The first-order valence-corrected chi connectivity index (χ1v) is 12.6. The van der Waals surface area contributed by atoms with Crippen molar-refractivity contribution in [3.8, 4) is 5.75 Å². The molecular weight excluding hydrogens is 510 g/mol. The van der Waals surface area contributed by atoms with Crippen molar-refractivity contribution in [3.63, 3.8) is 0 Å². The lowest BCUT2D eigenvalue weighted by molar-refractivity contribution is -0.141. The number of hydrogen-bond acceptors (Lipinski definition) is 7. The number of nitrogens with one attached hydrogen (secondary N) is 4. The molecule has 0 bridgehead atoms. The Labute approximate surface area is 227 Å². The predicted molar refractivity (Wildman–Crippen MR) is 142 cm³/mol. The SMILES string of the molecule is CCC(C)C(NC(=O)C(CC(C)C)NC(=O)O)C(=O)C(=O)NCC(=O)NC(Cc1ccc(OC)cc1)C(N)=O. The van der Waals surface area contributed by atoms with Crippen LogP contribution < -0.4 is 31.7 Å². The number of nitrogens with two attached hydrogens (primary N) is 1. The van der Waals surface area contributed by atoms with Gasteiger partial charge in [-0.25, -0.2) is 4.79 Å². The van der Waals surface area contributed by atoms with Gasteiger partial charge in [-0.1, -0.05) is 46.2 Å². The van der Waals surface area contributed by atoms with Gasteiger partial charge in [0.15, 0.2) is 0 Å². The molecule has 0 saturated carbocycles. The van der Waals surface area contributed by atoms with Crippen molar-refractivity contribution in [2.75, 3.05) is 13.7 Å². The average molecular weight is 550 g/mol. The molecule has 13 heteroatoms. The second-order valence-electron chi connectivity index (χ2n) is 9.63. The molecular formula is C26H39N5O8. The highest BCUT2D eigenvalue weighted by molar-refractivity contribution is 6.38. The maximum absolute atomic E-state index is 12.9. The van der Waals surface area contributed by atoms with Gasteiger partial charge >= 0.3 is 6.09 Å². The van der Waals surface area contributed by atoms with E-state index in [1.54, 1.807) is 52.0 Å². The number of carbonyl (C=O) groups excluding carboxylic acids is 5. The van der Waals surface area contributed by atoms with Crippen LogP contribution >= 0.6 is 0 Å². The molecule has 7 N–H and O–H groups in total. The summed E-state index contributed by atoms with van der Waals surface area (Å²) in [5.74, 6) is -4.26. The molecule has 1 aromatic carbocycles. The Bertz CT molecular complexity index is 1030. The molecule has 0 aromatic heterocycles. The third kappa shape index (κ3) is 11.4. The van der Waals surface area contributed by atoms with E-state index in [1.165, 1.54) is 7.11 Å². The number of ether oxygens (including phenoxy) is 1. The van der Waals surface area contributed by atoms with E-state index in [4.69, 9.17) is 15.6 Å². The van der Waals surface area contributed by atoms with Crippen molar-refractivity contribution >= 4 is 35.5 Å². The van der Waals surface area contributed by atoms with E-state index in [-0.39, 0.29) is 18.8 Å². The van der Waals surface area contributed by atoms with Crippen molar-refractivity contribution in [2.45, 2.75) is 65.1 Å². The van der Waals surface area contributed by atoms with Crippen LogP contribution in [0.2, 0.25) is 0 Å². The third-order valence-electron chi connectivity index (χ3n) is 6.03. The quantitative estimate of drug-likeness (QED) is 0.156. The van der Waals surface area contributed by atoms with E-state index in [0.717, 1.165) is 0 Å². The molecule has 13 nitrogen and oxygen atoms in total. The fourth-order valence-corrected chi connectivity index (χ4v) is 3.66. The number of benzene rings is 1. The summed E-state index contributed by atoms with van der Waals surface area (Å²) in [4.78, 5) is 73.6. The molecule has 1 aromatic rings. The van der Waals surface area contributed by atoms with Crippen molar-refractivity contribution in [1.29, 1.82) is 0 Å². The Morgan fingerprint density at radius 2 is 1.56 bits per heavy atom. The van der Waals surface area contributed by atoms with E-state index >= 15 is 0 Å². The minimum atomic E-state index is -1.40. The standard InChI is InChI=1S/C26H39N5O8/c1-6-15(4)21(31-24(35)19(11-14(2)3)30-26(37)38)22(33)25(36)28-13-20(32)29-18(23(27)34)12-16-7-9-17(39-5)10-8-16/h7-10,14-15,18-19,21,30H,6,11-13H2,1-5H3,(H2,27,34)(H,28,36)(H,29,32)(H,31,35)(H,37,38). The van der Waals surface area contributed by atoms with E-state index < -0.39 is 66.1 Å². The molecule has 39 heavy (non-hydrogen) atoms. The molecule has 4 unspecified atom stereocenters. The summed E-state index contributed by atoms with van der Waals surface area (Å²) in [7, 11) is 1.51. The van der Waals surface area contributed by atoms with Gasteiger partial charge in [0.1, 0.15) is 17.8 Å². The largest absolute Gasteiger partial charge is 0.497 e. The zero-order valence-electron chi connectivity index (χ0n) is 22.9. The number of rotatable bonds is 16. The Morgan fingerprint density at radius 3 is 2.05 bits per heavy atom. The first kappa shape index (κ1) is 32.9. The van der Waals surface area contributed by atoms with Crippen molar-refractivity contribution < 1.29 is 38.6 Å². The van der Waals surface area contributed by atoms with Crippen LogP contribution in [-0.2, 0) is 30.4 Å². The van der Waals surface area contributed by atoms with Crippen LogP contribution in [0.1, 0.15) is 46.1 Å². The highest BCUT2D eigenvalue weighted by Gasteiger charge is 2.33. The monoisotopic (exact) mass is 549 g/mol. The Kier molecular flexibility index (Phi) is 13.4. The van der Waals surface area contributed by atoms with Crippen molar-refractivity contribution in [3.05, 3.63) is 29.8 Å². The highest BCUT2D eigenvalue weighted by atomic mass is 16.5. The number of Topliss-reactive ketones (excluding diaryl/α,β-unsaturated/α-hetero) is 1. The van der Waals surface area contributed by atoms with Crippen LogP contribution in [0, 0.1) is 11.8 Å². The molecule has 0 aliphatic rings. The van der Waals surface area contributed by atoms with Gasteiger partial charge < -0.3 is 36.8 Å². The topological polar surface area (TPSA) is 206 Å². The average Bonchev–Trinajstić information content (AvgIpc) is 2.88. The Hall–Kier alpha value is -4.16. The van der Waals surface area contributed by atoms with Crippen LogP contribution in [0.4, 0.5) is 4.79 Å². The van der Waals surface area contributed by atoms with Gasteiger partial charge in [0.2, 0.25) is 23.5 Å². The Balaban J connectivity index is 2.82. The predicted octanol–water partition coefficient (Wildman–Crippen LogP) is 0.106. The van der Waals surface area contributed by atoms with Gasteiger partial charge in [0, 0.05) is 6.42 Å². The summed E-state index contributed by atoms with van der Waals surface area (Å²) >= 11 is 0. The molecule has 0 radical (unpaired) electrons. The minimum absolute atomic E-state index is 0.0268. The summed E-state index contributed by atoms with van der Waals surface area (Å²) in [5, 5.41) is 18.3. The number of carboxylic acid groups (broad SMARTS) is 1. The number of amides is 5. The lowest BCUT2D eigenvalue weighted by Crippen LogP contribution is -2.56. The van der Waals surface area contributed by atoms with Gasteiger partial charge in [-0.15, -0.1) is 0 Å². The van der Waals surface area contributed by atoms with Gasteiger partial charge in [0.05, 0.1) is 19.7 Å². The number of carbonyl (C=O) groups is 6. The van der Waals surface area contributed by atoms with Crippen LogP contribution in [0.3, 0.4) is 0 Å². The smallest absolute Gasteiger partial charge is 0.405 e. The van der Waals surface area contributed by atoms with Crippen LogP contribution in [0.5, 0.6) is 5.75 Å². The molecule has 0 saturated heterocycles. The van der Waals surface area contributed by atoms with E-state index in [2.05, 4.69) is 21.3 Å². The fourth-order valence-electron chi connectivity index (χ4n) is 3.66. The number of hydrogen-bond donors (Lipinski definition) is 6. The molecule has 0 aliphatic heterocycles. The molecule has 1 rings (SSSR count). The van der Waals surface area contributed by atoms with Crippen LogP contribution in [0.15, 0.2) is 24.3 Å². The second-order valence-corrected chi connectivity index (χ2v) is 9.63. The Morgan fingerprint density at radius 1 is 0.949 bits per heavy atom. The normalized spacial score (nSPS) is 13.8. The van der Waals surface area contributed by atoms with Gasteiger partial charge in [0.25, 0.3) is 5.91 Å². The summed E-state index contributed by atoms with van der Waals surface area (Å²) in [5.41, 5.74) is 6.12. The molecule has 5 amide bonds. The number of primary amides is 1. The molecule has 0 aliphatic carbocycles. The number of ketones is 1. The molecule has 0 fully saturated rings.